The molecule has 1 aliphatic heterocycles. The molecule has 1 atom stereocenters. The maximum absolute atomic E-state index is 11.7. The lowest BCUT2D eigenvalue weighted by Crippen LogP contribution is -2.45. The van der Waals surface area contributed by atoms with Crippen LogP contribution in [0.15, 0.2) is 55.0 Å². The number of imidazole rings is 1. The lowest BCUT2D eigenvalue weighted by Gasteiger charge is -2.32. The third-order valence-corrected chi connectivity index (χ3v) is 4.70. The molecule has 0 saturated heterocycles. The molecule has 0 bridgehead atoms. The van der Waals surface area contributed by atoms with E-state index >= 15 is 0 Å². The van der Waals surface area contributed by atoms with Crippen molar-refractivity contribution in [1.29, 1.82) is 0 Å². The van der Waals surface area contributed by atoms with E-state index in [1.54, 1.807) is 12.5 Å². The van der Waals surface area contributed by atoms with Gasteiger partial charge in [0, 0.05) is 25.7 Å². The molecular formula is C20H20N4O3. The first-order valence-corrected chi connectivity index (χ1v) is 8.78. The summed E-state index contributed by atoms with van der Waals surface area (Å²) in [5.74, 6) is -0.0624. The largest absolute Gasteiger partial charge is 0.487 e. The first-order chi connectivity index (χ1) is 13.2. The number of hydrogen-bond donors (Lipinski definition) is 2. The summed E-state index contributed by atoms with van der Waals surface area (Å²) in [5.41, 5.74) is 3.74. The van der Waals surface area contributed by atoms with E-state index < -0.39 is 12.0 Å². The van der Waals surface area contributed by atoms with Gasteiger partial charge in [-0.2, -0.15) is 0 Å². The molecule has 0 aliphatic carbocycles. The van der Waals surface area contributed by atoms with Crippen LogP contribution < -0.4 is 4.74 Å². The van der Waals surface area contributed by atoms with Crippen molar-refractivity contribution >= 4 is 5.97 Å². The van der Waals surface area contributed by atoms with Crippen molar-refractivity contribution in [2.24, 2.45) is 0 Å². The fourth-order valence-corrected chi connectivity index (χ4v) is 3.26. The average Bonchev–Trinajstić information content (AvgIpc) is 3.15. The van der Waals surface area contributed by atoms with Crippen molar-refractivity contribution in [3.8, 4) is 5.75 Å². The second-order valence-corrected chi connectivity index (χ2v) is 6.54. The van der Waals surface area contributed by atoms with Crippen molar-refractivity contribution in [3.05, 3.63) is 77.6 Å². The van der Waals surface area contributed by atoms with Crippen LogP contribution in [-0.4, -0.2) is 37.0 Å². The van der Waals surface area contributed by atoms with E-state index in [4.69, 9.17) is 4.74 Å². The summed E-state index contributed by atoms with van der Waals surface area (Å²) in [5, 5.41) is 9.57. The molecule has 0 fully saturated rings. The van der Waals surface area contributed by atoms with E-state index in [9.17, 15) is 9.90 Å². The van der Waals surface area contributed by atoms with Crippen molar-refractivity contribution < 1.29 is 14.6 Å². The Morgan fingerprint density at radius 1 is 1.22 bits per heavy atom. The molecule has 4 rings (SSSR count). The Hall–Kier alpha value is -3.19. The maximum atomic E-state index is 11.7. The molecule has 1 aromatic carbocycles. The Bertz CT molecular complexity index is 908. The Kier molecular flexibility index (Phi) is 4.84. The monoisotopic (exact) mass is 364 g/mol. The van der Waals surface area contributed by atoms with Gasteiger partial charge >= 0.3 is 5.97 Å². The second kappa shape index (κ2) is 7.59. The zero-order valence-electron chi connectivity index (χ0n) is 14.7. The van der Waals surface area contributed by atoms with Crippen LogP contribution in [0.1, 0.15) is 22.6 Å². The fraction of sp³-hybridized carbons (Fsp3) is 0.250. The molecule has 2 aromatic heterocycles. The number of pyridine rings is 1. The predicted octanol–water partition coefficient (Wildman–Crippen LogP) is 2.40. The number of nitrogens with zero attached hydrogens (tertiary/aromatic N) is 3. The van der Waals surface area contributed by atoms with E-state index in [1.807, 2.05) is 47.4 Å². The Morgan fingerprint density at radius 3 is 2.81 bits per heavy atom. The number of aromatic nitrogens is 3. The molecule has 0 spiro atoms. The van der Waals surface area contributed by atoms with Crippen LogP contribution in [0.3, 0.4) is 0 Å². The van der Waals surface area contributed by atoms with Crippen LogP contribution in [0.2, 0.25) is 0 Å². The van der Waals surface area contributed by atoms with Gasteiger partial charge in [0.1, 0.15) is 18.4 Å². The van der Waals surface area contributed by atoms with Crippen LogP contribution in [0.5, 0.6) is 5.75 Å². The van der Waals surface area contributed by atoms with Gasteiger partial charge in [0.05, 0.1) is 23.4 Å². The molecule has 7 nitrogen and oxygen atoms in total. The highest BCUT2D eigenvalue weighted by Gasteiger charge is 2.32. The van der Waals surface area contributed by atoms with E-state index in [-0.39, 0.29) is 0 Å². The summed E-state index contributed by atoms with van der Waals surface area (Å²) in [6.45, 7) is 1.51. The normalized spacial score (nSPS) is 16.7. The molecule has 2 N–H and O–H groups in total. The number of rotatable bonds is 6. The fourth-order valence-electron chi connectivity index (χ4n) is 3.26. The number of carbonyl (C=O) groups is 1. The Balaban J connectivity index is 1.41. The van der Waals surface area contributed by atoms with E-state index in [1.165, 1.54) is 0 Å². The molecule has 0 radical (unpaired) electrons. The van der Waals surface area contributed by atoms with E-state index in [0.29, 0.717) is 26.1 Å². The number of benzene rings is 1. The predicted molar refractivity (Wildman–Crippen MR) is 98.0 cm³/mol. The molecule has 27 heavy (non-hydrogen) atoms. The number of aromatic amines is 1. The lowest BCUT2D eigenvalue weighted by atomic mass is 10.0. The molecule has 1 unspecified atom stereocenters. The highest BCUT2D eigenvalue weighted by Crippen LogP contribution is 2.23. The SMILES string of the molecule is O=C(O)C1Cc2nc[nH]c2CN1Cc1ccc(OCc2ccccn2)cc1. The number of aliphatic carboxylic acids is 1. The summed E-state index contributed by atoms with van der Waals surface area (Å²) in [4.78, 5) is 25.2. The minimum atomic E-state index is -0.820. The number of hydrogen-bond acceptors (Lipinski definition) is 5. The highest BCUT2D eigenvalue weighted by molar-refractivity contribution is 5.74. The maximum Gasteiger partial charge on any atom is 0.321 e. The Morgan fingerprint density at radius 2 is 2.07 bits per heavy atom. The van der Waals surface area contributed by atoms with Crippen molar-refractivity contribution in [3.63, 3.8) is 0 Å². The molecular weight excluding hydrogens is 344 g/mol. The summed E-state index contributed by atoms with van der Waals surface area (Å²) in [7, 11) is 0. The van der Waals surface area contributed by atoms with Gasteiger partial charge in [0.2, 0.25) is 0 Å². The molecule has 1 aliphatic rings. The van der Waals surface area contributed by atoms with Crippen molar-refractivity contribution in [2.45, 2.75) is 32.2 Å². The van der Waals surface area contributed by atoms with E-state index in [2.05, 4.69) is 15.0 Å². The summed E-state index contributed by atoms with van der Waals surface area (Å²) in [6.07, 6.45) is 3.78. The average molecular weight is 364 g/mol. The van der Waals surface area contributed by atoms with Gasteiger partial charge in [-0.15, -0.1) is 0 Å². The number of nitrogens with one attached hydrogen (secondary N) is 1. The molecule has 7 heteroatoms. The third kappa shape index (κ3) is 3.98. The molecule has 3 heterocycles. The van der Waals surface area contributed by atoms with Gasteiger partial charge in [-0.3, -0.25) is 14.7 Å². The number of H-pyrrole nitrogens is 1. The van der Waals surface area contributed by atoms with Crippen LogP contribution in [0.4, 0.5) is 0 Å². The highest BCUT2D eigenvalue weighted by atomic mass is 16.5. The zero-order chi connectivity index (χ0) is 18.6. The molecule has 0 saturated carbocycles. The van der Waals surface area contributed by atoms with Crippen LogP contribution in [0.25, 0.3) is 0 Å². The minimum absolute atomic E-state index is 0.413. The standard InChI is InChI=1S/C20H20N4O3/c25-20(26)19-9-17-18(23-13-22-17)11-24(19)10-14-4-6-16(7-5-14)27-12-15-3-1-2-8-21-15/h1-8,13,19H,9-12H2,(H,22,23)(H,25,26). The molecule has 138 valence electrons. The summed E-state index contributed by atoms with van der Waals surface area (Å²) in [6, 6.07) is 12.9. The summed E-state index contributed by atoms with van der Waals surface area (Å²) < 4.78 is 5.75. The zero-order valence-corrected chi connectivity index (χ0v) is 14.7. The molecule has 3 aromatic rings. The number of carboxylic acids is 1. The number of fused-ring (bicyclic) bond motifs is 1. The first kappa shape index (κ1) is 17.2. The van der Waals surface area contributed by atoms with E-state index in [0.717, 1.165) is 28.4 Å². The first-order valence-electron chi connectivity index (χ1n) is 8.78. The van der Waals surface area contributed by atoms with Crippen molar-refractivity contribution in [1.82, 2.24) is 19.9 Å². The molecule has 0 amide bonds. The van der Waals surface area contributed by atoms with Gasteiger partial charge in [0.25, 0.3) is 0 Å². The second-order valence-electron chi connectivity index (χ2n) is 6.54. The van der Waals surface area contributed by atoms with Gasteiger partial charge in [-0.1, -0.05) is 18.2 Å². The number of carboxylic acid groups (broad SMARTS) is 1. The summed E-state index contributed by atoms with van der Waals surface area (Å²) >= 11 is 0. The van der Waals surface area contributed by atoms with Gasteiger partial charge < -0.3 is 14.8 Å². The Labute approximate surface area is 156 Å². The topological polar surface area (TPSA) is 91.3 Å². The van der Waals surface area contributed by atoms with Gasteiger partial charge in [-0.25, -0.2) is 4.98 Å². The quantitative estimate of drug-likeness (QED) is 0.698. The van der Waals surface area contributed by atoms with Crippen molar-refractivity contribution in [2.75, 3.05) is 0 Å². The smallest absolute Gasteiger partial charge is 0.321 e. The van der Waals surface area contributed by atoms with Crippen LogP contribution >= 0.6 is 0 Å². The third-order valence-electron chi connectivity index (χ3n) is 4.70. The lowest BCUT2D eigenvalue weighted by molar-refractivity contribution is -0.144. The minimum Gasteiger partial charge on any atom is -0.487 e. The van der Waals surface area contributed by atoms with Gasteiger partial charge in [0.15, 0.2) is 0 Å². The van der Waals surface area contributed by atoms with Gasteiger partial charge in [-0.05, 0) is 29.8 Å². The van der Waals surface area contributed by atoms with Crippen LogP contribution in [-0.2, 0) is 30.9 Å². The van der Waals surface area contributed by atoms with Crippen LogP contribution in [0, 0.1) is 0 Å². The number of ether oxygens (including phenoxy) is 1.